The summed E-state index contributed by atoms with van der Waals surface area (Å²) in [7, 11) is 0. The molecule has 1 aromatic carbocycles. The fraction of sp³-hybridized carbons (Fsp3) is 0.357. The third-order valence-electron chi connectivity index (χ3n) is 2.54. The Hall–Kier alpha value is -1.77. The monoisotopic (exact) mass is 232 g/mol. The number of carbonyl (C=O) groups is 1. The molecule has 3 heteroatoms. The number of nitrogens with two attached hydrogens (primary N) is 1. The van der Waals surface area contributed by atoms with Crippen molar-refractivity contribution in [1.29, 1.82) is 0 Å². The second-order valence-electron chi connectivity index (χ2n) is 3.92. The maximum atomic E-state index is 11.8. The van der Waals surface area contributed by atoms with Gasteiger partial charge in [-0.15, -0.1) is 0 Å². The molecule has 1 amide bonds. The van der Waals surface area contributed by atoms with Crippen LogP contribution in [-0.4, -0.2) is 23.9 Å². The maximum Gasteiger partial charge on any atom is 0.246 e. The Kier molecular flexibility index (Phi) is 5.27. The lowest BCUT2D eigenvalue weighted by Gasteiger charge is -2.17. The topological polar surface area (TPSA) is 46.3 Å². The van der Waals surface area contributed by atoms with Gasteiger partial charge in [0.05, 0.1) is 0 Å². The number of nitrogens with zero attached hydrogens (tertiary/aromatic N) is 1. The van der Waals surface area contributed by atoms with E-state index in [0.29, 0.717) is 0 Å². The van der Waals surface area contributed by atoms with Gasteiger partial charge in [-0.1, -0.05) is 19.1 Å². The van der Waals surface area contributed by atoms with Gasteiger partial charge in [0.1, 0.15) is 0 Å². The normalized spacial score (nSPS) is 10.7. The minimum Gasteiger partial charge on any atom is -0.399 e. The number of hydrogen-bond donors (Lipinski definition) is 1. The van der Waals surface area contributed by atoms with Crippen molar-refractivity contribution in [3.05, 3.63) is 35.9 Å². The highest BCUT2D eigenvalue weighted by molar-refractivity contribution is 5.91. The molecule has 2 N–H and O–H groups in total. The van der Waals surface area contributed by atoms with Crippen LogP contribution >= 0.6 is 0 Å². The average molecular weight is 232 g/mol. The molecule has 0 aliphatic heterocycles. The lowest BCUT2D eigenvalue weighted by molar-refractivity contribution is -0.125. The molecular formula is C14H20N2O. The predicted molar refractivity (Wildman–Crippen MR) is 72.4 cm³/mol. The summed E-state index contributed by atoms with van der Waals surface area (Å²) in [4.78, 5) is 13.6. The molecule has 0 aliphatic carbocycles. The summed E-state index contributed by atoms with van der Waals surface area (Å²) < 4.78 is 0. The van der Waals surface area contributed by atoms with Crippen molar-refractivity contribution in [1.82, 2.24) is 4.90 Å². The van der Waals surface area contributed by atoms with E-state index in [9.17, 15) is 4.79 Å². The van der Waals surface area contributed by atoms with E-state index in [1.54, 1.807) is 6.08 Å². The van der Waals surface area contributed by atoms with E-state index in [1.807, 2.05) is 42.2 Å². The first-order valence-electron chi connectivity index (χ1n) is 6.00. The zero-order chi connectivity index (χ0) is 12.7. The molecule has 1 aromatic rings. The molecule has 0 radical (unpaired) electrons. The van der Waals surface area contributed by atoms with Gasteiger partial charge >= 0.3 is 0 Å². The summed E-state index contributed by atoms with van der Waals surface area (Å²) >= 11 is 0. The highest BCUT2D eigenvalue weighted by Gasteiger charge is 2.05. The number of nitrogen functional groups attached to an aromatic ring is 1. The molecule has 0 bridgehead atoms. The van der Waals surface area contributed by atoms with Gasteiger partial charge in [0.25, 0.3) is 0 Å². The summed E-state index contributed by atoms with van der Waals surface area (Å²) in [5.41, 5.74) is 7.31. The number of anilines is 1. The Morgan fingerprint density at radius 1 is 1.29 bits per heavy atom. The van der Waals surface area contributed by atoms with Gasteiger partial charge in [-0.3, -0.25) is 4.79 Å². The molecule has 0 atom stereocenters. The van der Waals surface area contributed by atoms with Crippen molar-refractivity contribution >= 4 is 17.7 Å². The standard InChI is InChI=1S/C14H20N2O/c1-3-11-16(4-2)14(17)10-7-12-5-8-13(15)9-6-12/h5-10H,3-4,11,15H2,1-2H3/b10-7+. The molecule has 17 heavy (non-hydrogen) atoms. The number of amides is 1. The molecule has 0 aromatic heterocycles. The summed E-state index contributed by atoms with van der Waals surface area (Å²) in [5.74, 6) is 0.0613. The van der Waals surface area contributed by atoms with E-state index in [2.05, 4.69) is 6.92 Å². The van der Waals surface area contributed by atoms with Gasteiger partial charge in [0.2, 0.25) is 5.91 Å². The van der Waals surface area contributed by atoms with E-state index in [0.717, 1.165) is 30.8 Å². The third kappa shape index (κ3) is 4.31. The van der Waals surface area contributed by atoms with Gasteiger partial charge < -0.3 is 10.6 Å². The molecule has 0 spiro atoms. The molecule has 0 unspecified atom stereocenters. The minimum absolute atomic E-state index is 0.0613. The van der Waals surface area contributed by atoms with E-state index < -0.39 is 0 Å². The largest absolute Gasteiger partial charge is 0.399 e. The fourth-order valence-corrected chi connectivity index (χ4v) is 1.57. The Labute approximate surface area is 103 Å². The molecule has 0 fully saturated rings. The first kappa shape index (κ1) is 13.3. The first-order chi connectivity index (χ1) is 8.17. The number of rotatable bonds is 5. The van der Waals surface area contributed by atoms with E-state index >= 15 is 0 Å². The first-order valence-corrected chi connectivity index (χ1v) is 6.00. The molecule has 92 valence electrons. The number of carbonyl (C=O) groups excluding carboxylic acids is 1. The van der Waals surface area contributed by atoms with Crippen molar-refractivity contribution in [3.63, 3.8) is 0 Å². The summed E-state index contributed by atoms with van der Waals surface area (Å²) in [6.45, 7) is 5.62. The second-order valence-corrected chi connectivity index (χ2v) is 3.92. The van der Waals surface area contributed by atoms with Gasteiger partial charge in [-0.05, 0) is 37.1 Å². The van der Waals surface area contributed by atoms with Crippen LogP contribution in [0.25, 0.3) is 6.08 Å². The van der Waals surface area contributed by atoms with E-state index in [1.165, 1.54) is 0 Å². The molecule has 0 heterocycles. The van der Waals surface area contributed by atoms with Gasteiger partial charge in [0, 0.05) is 24.9 Å². The lowest BCUT2D eigenvalue weighted by Crippen LogP contribution is -2.29. The molecular weight excluding hydrogens is 212 g/mol. The fourth-order valence-electron chi connectivity index (χ4n) is 1.57. The number of hydrogen-bond acceptors (Lipinski definition) is 2. The van der Waals surface area contributed by atoms with Crippen LogP contribution in [0, 0.1) is 0 Å². The quantitative estimate of drug-likeness (QED) is 0.626. The third-order valence-corrected chi connectivity index (χ3v) is 2.54. The molecule has 0 saturated carbocycles. The van der Waals surface area contributed by atoms with Crippen LogP contribution in [-0.2, 0) is 4.79 Å². The van der Waals surface area contributed by atoms with Crippen LogP contribution in [0.15, 0.2) is 30.3 Å². The number of likely N-dealkylation sites (N-methyl/N-ethyl adjacent to an activating group) is 1. The Bertz CT molecular complexity index is 382. The van der Waals surface area contributed by atoms with Crippen molar-refractivity contribution in [2.24, 2.45) is 0 Å². The molecule has 1 rings (SSSR count). The molecule has 0 saturated heterocycles. The Morgan fingerprint density at radius 3 is 2.47 bits per heavy atom. The predicted octanol–water partition coefficient (Wildman–Crippen LogP) is 2.54. The summed E-state index contributed by atoms with van der Waals surface area (Å²) in [6.07, 6.45) is 4.42. The second kappa shape index (κ2) is 6.74. The zero-order valence-electron chi connectivity index (χ0n) is 10.5. The Morgan fingerprint density at radius 2 is 1.94 bits per heavy atom. The van der Waals surface area contributed by atoms with Gasteiger partial charge in [-0.2, -0.15) is 0 Å². The molecule has 0 aliphatic rings. The minimum atomic E-state index is 0.0613. The van der Waals surface area contributed by atoms with Crippen LogP contribution in [0.1, 0.15) is 25.8 Å². The van der Waals surface area contributed by atoms with Crippen LogP contribution in [0.2, 0.25) is 0 Å². The summed E-state index contributed by atoms with van der Waals surface area (Å²) in [6, 6.07) is 7.45. The van der Waals surface area contributed by atoms with Crippen molar-refractivity contribution < 1.29 is 4.79 Å². The van der Waals surface area contributed by atoms with Crippen LogP contribution in [0.5, 0.6) is 0 Å². The highest BCUT2D eigenvalue weighted by Crippen LogP contribution is 2.07. The van der Waals surface area contributed by atoms with Crippen LogP contribution < -0.4 is 5.73 Å². The Balaban J connectivity index is 2.63. The number of benzene rings is 1. The van der Waals surface area contributed by atoms with Crippen LogP contribution in [0.4, 0.5) is 5.69 Å². The van der Waals surface area contributed by atoms with E-state index in [-0.39, 0.29) is 5.91 Å². The lowest BCUT2D eigenvalue weighted by atomic mass is 10.2. The highest BCUT2D eigenvalue weighted by atomic mass is 16.2. The smallest absolute Gasteiger partial charge is 0.246 e. The van der Waals surface area contributed by atoms with Crippen molar-refractivity contribution in [2.75, 3.05) is 18.8 Å². The van der Waals surface area contributed by atoms with Crippen LogP contribution in [0.3, 0.4) is 0 Å². The van der Waals surface area contributed by atoms with Gasteiger partial charge in [0.15, 0.2) is 0 Å². The van der Waals surface area contributed by atoms with Crippen molar-refractivity contribution in [2.45, 2.75) is 20.3 Å². The maximum absolute atomic E-state index is 11.8. The van der Waals surface area contributed by atoms with Gasteiger partial charge in [-0.25, -0.2) is 0 Å². The summed E-state index contributed by atoms with van der Waals surface area (Å²) in [5, 5.41) is 0. The SMILES string of the molecule is CCCN(CC)C(=O)/C=C/c1ccc(N)cc1. The molecule has 3 nitrogen and oxygen atoms in total. The van der Waals surface area contributed by atoms with Crippen molar-refractivity contribution in [3.8, 4) is 0 Å². The van der Waals surface area contributed by atoms with E-state index in [4.69, 9.17) is 5.73 Å². The average Bonchev–Trinajstić information content (AvgIpc) is 2.35. The zero-order valence-corrected chi connectivity index (χ0v) is 10.5.